The minimum atomic E-state index is -0.277. The van der Waals surface area contributed by atoms with E-state index in [4.69, 9.17) is 4.52 Å². The van der Waals surface area contributed by atoms with Gasteiger partial charge in [-0.3, -0.25) is 0 Å². The average molecular weight is 417 g/mol. The van der Waals surface area contributed by atoms with Gasteiger partial charge in [-0.1, -0.05) is 93.2 Å². The molecule has 0 N–H and O–H groups in total. The van der Waals surface area contributed by atoms with Gasteiger partial charge in [0.1, 0.15) is 5.03 Å². The van der Waals surface area contributed by atoms with E-state index in [0.29, 0.717) is 6.42 Å². The molecule has 0 saturated heterocycles. The van der Waals surface area contributed by atoms with Crippen molar-refractivity contribution >= 4 is 17.3 Å². The van der Waals surface area contributed by atoms with Gasteiger partial charge in [0.05, 0.1) is 17.6 Å². The molecule has 0 aliphatic heterocycles. The number of hydrogen-bond acceptors (Lipinski definition) is 4. The molecule has 4 heteroatoms. The van der Waals surface area contributed by atoms with Crippen LogP contribution in [-0.2, 0) is 5.41 Å². The van der Waals surface area contributed by atoms with Crippen LogP contribution in [0.4, 0.5) is 0 Å². The zero-order valence-corrected chi connectivity index (χ0v) is 18.9. The quantitative estimate of drug-likeness (QED) is 0.382. The number of nitrogens with zero attached hydrogens (tertiary/aromatic N) is 2. The maximum Gasteiger partial charge on any atom is 0.150 e. The van der Waals surface area contributed by atoms with Crippen molar-refractivity contribution in [3.63, 3.8) is 0 Å². The molecule has 0 saturated carbocycles. The first-order chi connectivity index (χ1) is 14.4. The van der Waals surface area contributed by atoms with E-state index in [-0.39, 0.29) is 17.3 Å². The molecule has 2 atom stereocenters. The predicted molar refractivity (Wildman–Crippen MR) is 125 cm³/mol. The van der Waals surface area contributed by atoms with Crippen molar-refractivity contribution in [1.29, 1.82) is 5.26 Å². The Morgan fingerprint density at radius 2 is 1.63 bits per heavy atom. The van der Waals surface area contributed by atoms with Crippen LogP contribution in [0.3, 0.4) is 0 Å². The molecule has 30 heavy (non-hydrogen) atoms. The van der Waals surface area contributed by atoms with Crippen molar-refractivity contribution in [2.75, 3.05) is 6.26 Å². The third-order valence-electron chi connectivity index (χ3n) is 5.28. The van der Waals surface area contributed by atoms with Crippen molar-refractivity contribution in [1.82, 2.24) is 5.16 Å². The van der Waals surface area contributed by atoms with Gasteiger partial charge in [0.15, 0.2) is 5.76 Å². The number of aromatic nitrogens is 1. The van der Waals surface area contributed by atoms with Crippen LogP contribution < -0.4 is 0 Å². The molecule has 3 rings (SSSR count). The maximum absolute atomic E-state index is 10.1. The van der Waals surface area contributed by atoms with Gasteiger partial charge in [0.2, 0.25) is 0 Å². The number of thioether (sulfide) groups is 1. The number of rotatable bonds is 7. The van der Waals surface area contributed by atoms with E-state index in [9.17, 15) is 5.26 Å². The third kappa shape index (κ3) is 4.68. The lowest BCUT2D eigenvalue weighted by molar-refractivity contribution is 0.321. The number of nitriles is 1. The Bertz CT molecular complexity index is 1030. The first-order valence-electron chi connectivity index (χ1n) is 10.1. The highest BCUT2D eigenvalue weighted by atomic mass is 32.2. The first kappa shape index (κ1) is 21.9. The molecule has 0 bridgehead atoms. The Morgan fingerprint density at radius 3 is 2.13 bits per heavy atom. The van der Waals surface area contributed by atoms with E-state index < -0.39 is 0 Å². The van der Waals surface area contributed by atoms with Crippen LogP contribution in [0.1, 0.15) is 61.5 Å². The van der Waals surface area contributed by atoms with Gasteiger partial charge in [-0.15, -0.1) is 11.8 Å². The molecule has 154 valence electrons. The van der Waals surface area contributed by atoms with Crippen molar-refractivity contribution in [3.05, 3.63) is 89.7 Å². The molecule has 2 aromatic carbocycles. The fourth-order valence-corrected chi connectivity index (χ4v) is 4.34. The first-order valence-corrected chi connectivity index (χ1v) is 11.3. The normalized spacial score (nSPS) is 13.4. The Labute approximate surface area is 183 Å². The van der Waals surface area contributed by atoms with E-state index >= 15 is 0 Å². The van der Waals surface area contributed by atoms with Crippen LogP contribution in [0.5, 0.6) is 0 Å². The van der Waals surface area contributed by atoms with Crippen molar-refractivity contribution in [2.45, 2.75) is 49.5 Å². The topological polar surface area (TPSA) is 49.8 Å². The van der Waals surface area contributed by atoms with Gasteiger partial charge in [0.25, 0.3) is 0 Å². The molecular weight excluding hydrogens is 388 g/mol. The second kappa shape index (κ2) is 9.36. The Hall–Kier alpha value is -2.77. The molecule has 0 aliphatic rings. The summed E-state index contributed by atoms with van der Waals surface area (Å²) in [5, 5.41) is 15.3. The molecule has 0 amide bonds. The predicted octanol–water partition coefficient (Wildman–Crippen LogP) is 7.19. The van der Waals surface area contributed by atoms with Gasteiger partial charge in [-0.2, -0.15) is 5.26 Å². The SMILES string of the molecule is C=C(CC(c1ccccc1)C(C#N)c1ccccc1)c1c(SC)noc1C(C)(C)C. The second-order valence-electron chi connectivity index (χ2n) is 8.49. The summed E-state index contributed by atoms with van der Waals surface area (Å²) in [6.07, 6.45) is 2.65. The summed E-state index contributed by atoms with van der Waals surface area (Å²) in [6.45, 7) is 10.8. The Morgan fingerprint density at radius 1 is 1.07 bits per heavy atom. The van der Waals surface area contributed by atoms with Crippen LogP contribution in [0.2, 0.25) is 0 Å². The summed E-state index contributed by atoms with van der Waals surface area (Å²) < 4.78 is 5.73. The monoisotopic (exact) mass is 416 g/mol. The van der Waals surface area contributed by atoms with Crippen molar-refractivity contribution in [2.24, 2.45) is 0 Å². The molecule has 0 fully saturated rings. The molecule has 3 nitrogen and oxygen atoms in total. The van der Waals surface area contributed by atoms with E-state index in [0.717, 1.165) is 33.0 Å². The zero-order chi connectivity index (χ0) is 21.7. The minimum absolute atomic E-state index is 0.0245. The van der Waals surface area contributed by atoms with E-state index in [1.807, 2.05) is 54.8 Å². The lowest BCUT2D eigenvalue weighted by Gasteiger charge is -2.25. The molecule has 2 unspecified atom stereocenters. The fourth-order valence-electron chi connectivity index (χ4n) is 3.79. The zero-order valence-electron chi connectivity index (χ0n) is 18.1. The summed E-state index contributed by atoms with van der Waals surface area (Å²) in [5.74, 6) is 0.543. The van der Waals surface area contributed by atoms with Crippen molar-refractivity contribution < 1.29 is 4.52 Å². The third-order valence-corrected chi connectivity index (χ3v) is 5.95. The largest absolute Gasteiger partial charge is 0.359 e. The van der Waals surface area contributed by atoms with Gasteiger partial charge >= 0.3 is 0 Å². The summed E-state index contributed by atoms with van der Waals surface area (Å²) in [7, 11) is 0. The fraction of sp³-hybridized carbons (Fsp3) is 0.308. The molecule has 0 aliphatic carbocycles. The molecular formula is C26H28N2OS. The van der Waals surface area contributed by atoms with Crippen LogP contribution in [0.25, 0.3) is 5.57 Å². The van der Waals surface area contributed by atoms with Gasteiger partial charge in [-0.05, 0) is 29.4 Å². The van der Waals surface area contributed by atoms with Crippen LogP contribution in [0.15, 0.2) is 76.8 Å². The number of allylic oxidation sites excluding steroid dienone is 1. The van der Waals surface area contributed by atoms with E-state index in [1.54, 1.807) is 11.8 Å². The maximum atomic E-state index is 10.1. The highest BCUT2D eigenvalue weighted by Gasteiger charge is 2.31. The molecule has 0 radical (unpaired) electrons. The highest BCUT2D eigenvalue weighted by Crippen LogP contribution is 2.43. The Balaban J connectivity index is 2.04. The van der Waals surface area contributed by atoms with Crippen LogP contribution in [-0.4, -0.2) is 11.4 Å². The van der Waals surface area contributed by atoms with Gasteiger partial charge in [-0.25, -0.2) is 0 Å². The molecule has 1 aromatic heterocycles. The molecule has 0 spiro atoms. The second-order valence-corrected chi connectivity index (χ2v) is 9.28. The van der Waals surface area contributed by atoms with Gasteiger partial charge < -0.3 is 4.52 Å². The van der Waals surface area contributed by atoms with E-state index in [1.165, 1.54) is 0 Å². The summed E-state index contributed by atoms with van der Waals surface area (Å²) in [5.41, 5.74) is 3.91. The van der Waals surface area contributed by atoms with Crippen LogP contribution in [0, 0.1) is 11.3 Å². The molecule has 1 heterocycles. The van der Waals surface area contributed by atoms with Crippen molar-refractivity contribution in [3.8, 4) is 6.07 Å². The highest BCUT2D eigenvalue weighted by molar-refractivity contribution is 7.98. The standard InChI is InChI=1S/C26H28N2OS/c1-18(23-24(26(2,3)4)29-28-25(23)30-5)16-21(19-12-8-6-9-13-19)22(17-27)20-14-10-7-11-15-20/h6-15,21-22H,1,16H2,2-5H3. The number of benzene rings is 2. The minimum Gasteiger partial charge on any atom is -0.359 e. The Kier molecular flexibility index (Phi) is 6.84. The van der Waals surface area contributed by atoms with E-state index in [2.05, 4.69) is 50.7 Å². The lowest BCUT2D eigenvalue weighted by Crippen LogP contribution is -2.14. The summed E-state index contributed by atoms with van der Waals surface area (Å²) in [6, 6.07) is 22.8. The lowest BCUT2D eigenvalue weighted by atomic mass is 9.77. The number of hydrogen-bond donors (Lipinski definition) is 0. The average Bonchev–Trinajstić information content (AvgIpc) is 3.20. The smallest absolute Gasteiger partial charge is 0.150 e. The summed E-state index contributed by atoms with van der Waals surface area (Å²) >= 11 is 1.56. The molecule has 3 aromatic rings. The van der Waals surface area contributed by atoms with Crippen LogP contribution >= 0.6 is 11.8 Å². The van der Waals surface area contributed by atoms with Gasteiger partial charge in [0, 0.05) is 11.3 Å². The summed E-state index contributed by atoms with van der Waals surface area (Å²) in [4.78, 5) is 0.